The van der Waals surface area contributed by atoms with E-state index in [2.05, 4.69) is 31.5 Å². The van der Waals surface area contributed by atoms with E-state index in [4.69, 9.17) is 15.6 Å². The second kappa shape index (κ2) is 32.9. The van der Waals surface area contributed by atoms with Crippen LogP contribution >= 0.6 is 0 Å². The van der Waals surface area contributed by atoms with Crippen LogP contribution in [0.25, 0.3) is 0 Å². The number of aliphatic carboxylic acids is 3. The lowest BCUT2D eigenvalue weighted by Crippen LogP contribution is -2.56. The molecule has 7 amide bonds. The molecule has 27 heteroatoms. The van der Waals surface area contributed by atoms with Crippen LogP contribution in [0.2, 0.25) is 0 Å². The number of carbonyl (C=O) groups is 11. The Morgan fingerprint density at radius 1 is 0.684 bits per heavy atom. The molecule has 0 aromatic heterocycles. The Kier molecular flexibility index (Phi) is 27.0. The smallest absolute Gasteiger partial charge is 0.317 e. The molecule has 3 saturated heterocycles. The van der Waals surface area contributed by atoms with Gasteiger partial charge in [-0.25, -0.2) is 0 Å². The first-order valence-electron chi connectivity index (χ1n) is 27.1. The van der Waals surface area contributed by atoms with E-state index < -0.39 is 66.0 Å². The van der Waals surface area contributed by atoms with Gasteiger partial charge in [-0.2, -0.15) is 0 Å². The first kappa shape index (κ1) is 64.7. The Labute approximate surface area is 459 Å². The third kappa shape index (κ3) is 22.8. The number of hydrogen-bond donors (Lipinski definition) is 10. The van der Waals surface area contributed by atoms with Gasteiger partial charge in [0.1, 0.15) is 18.1 Å². The summed E-state index contributed by atoms with van der Waals surface area (Å²) in [5.41, 5.74) is 7.59. The maximum atomic E-state index is 13.5. The summed E-state index contributed by atoms with van der Waals surface area (Å²) in [6, 6.07) is 3.34. The molecule has 5 aliphatic rings. The number of nitrogens with two attached hydrogens (primary N) is 1. The lowest BCUT2D eigenvalue weighted by molar-refractivity contribution is -0.155. The number of aliphatic hydroxyl groups excluding tert-OH is 1. The van der Waals surface area contributed by atoms with Crippen LogP contribution < -0.4 is 37.2 Å². The van der Waals surface area contributed by atoms with E-state index in [1.165, 1.54) is 4.90 Å². The van der Waals surface area contributed by atoms with Gasteiger partial charge in [0.25, 0.3) is 0 Å². The van der Waals surface area contributed by atoms with E-state index in [0.29, 0.717) is 70.9 Å². The Hall–Kier alpha value is -6.81. The number of likely N-dealkylation sites (tertiary alicyclic amines) is 1. The van der Waals surface area contributed by atoms with Crippen molar-refractivity contribution in [2.24, 2.45) is 17.6 Å². The van der Waals surface area contributed by atoms with Crippen molar-refractivity contribution >= 4 is 70.9 Å². The molecule has 440 valence electrons. The average molecular weight is 1120 g/mol. The summed E-state index contributed by atoms with van der Waals surface area (Å²) in [6.45, 7) is 11.6. The number of piperidine rings is 1. The van der Waals surface area contributed by atoms with E-state index in [0.717, 1.165) is 55.7 Å². The van der Waals surface area contributed by atoms with E-state index in [9.17, 15) is 68.1 Å². The molecule has 0 bridgehead atoms. The minimum atomic E-state index is -1.40. The molecule has 5 aliphatic heterocycles. The minimum Gasteiger partial charge on any atom is -0.481 e. The van der Waals surface area contributed by atoms with Gasteiger partial charge in [-0.3, -0.25) is 72.3 Å². The molecule has 0 radical (unpaired) electrons. The number of aliphatic hydroxyl groups is 1. The molecule has 79 heavy (non-hydrogen) atoms. The number of carboxylic acid groups (broad SMARTS) is 3. The average Bonchev–Trinajstić information content (AvgIpc) is 4.00. The molecule has 5 atom stereocenters. The highest BCUT2D eigenvalue weighted by Crippen LogP contribution is 2.39. The fourth-order valence-electron chi connectivity index (χ4n) is 9.62. The first-order chi connectivity index (χ1) is 37.5. The lowest BCUT2D eigenvalue weighted by Gasteiger charge is -2.35. The lowest BCUT2D eigenvalue weighted by atomic mass is 9.96. The Bertz CT molecular complexity index is 2270. The highest BCUT2D eigenvalue weighted by molar-refractivity contribution is 6.08. The molecular formula is C52H81N11O16. The Morgan fingerprint density at radius 2 is 1.25 bits per heavy atom. The molecule has 1 aromatic rings. The maximum absolute atomic E-state index is 13.5. The van der Waals surface area contributed by atoms with E-state index in [1.54, 1.807) is 6.92 Å². The van der Waals surface area contributed by atoms with Crippen molar-refractivity contribution in [2.75, 3.05) is 103 Å². The third-order valence-corrected chi connectivity index (χ3v) is 14.2. The van der Waals surface area contributed by atoms with Crippen molar-refractivity contribution in [1.29, 1.82) is 0 Å². The molecule has 0 aliphatic carbocycles. The zero-order valence-electron chi connectivity index (χ0n) is 45.6. The first-order valence-corrected chi connectivity index (χ1v) is 27.1. The standard InChI is InChI=1S/C26H46N8O8.C23H29N3O6.C3H6O2/c27-21(35)1-5-28-22(36)2-6-29-23(37)15-30-24(38)17-31-7-3-20(4-8-31)16-32-9-11-33(18-25(39)40)13-14-34(12-10-32)19-26(41)42;1-3-12(2)9-18(27)24-15-8-7-13-5-4-6-14-10-17(26(20(13)14)22(15)30)21(29)25-16-11-19(28)32-23(16)31;1-2-3(4)5/h20H,1-19H2,(H2,27,35)(H,28,36)(H,29,37)(H,30,38)(H,39,40)(H,41,42);4-6,12,15-17,23,31H,3,7-11H2,1-2H3,(H,24,27)(H,25,29);2H2,1H3,(H,4,5). The number of amides is 7. The largest absolute Gasteiger partial charge is 0.481 e. The fourth-order valence-corrected chi connectivity index (χ4v) is 9.62. The van der Waals surface area contributed by atoms with Crippen molar-refractivity contribution < 1.29 is 77.9 Å². The van der Waals surface area contributed by atoms with Crippen LogP contribution in [0.15, 0.2) is 18.2 Å². The predicted octanol–water partition coefficient (Wildman–Crippen LogP) is -2.56. The van der Waals surface area contributed by atoms with Crippen LogP contribution in [-0.4, -0.2) is 228 Å². The number of para-hydroxylation sites is 1. The summed E-state index contributed by atoms with van der Waals surface area (Å²) in [5.74, 6) is -4.95. The highest BCUT2D eigenvalue weighted by Gasteiger charge is 2.46. The maximum Gasteiger partial charge on any atom is 0.317 e. The molecule has 0 spiro atoms. The molecule has 27 nitrogen and oxygen atoms in total. The Balaban J connectivity index is 0.000000322. The number of esters is 1. The third-order valence-electron chi connectivity index (χ3n) is 14.2. The second-order valence-electron chi connectivity index (χ2n) is 20.5. The summed E-state index contributed by atoms with van der Waals surface area (Å²) < 4.78 is 4.70. The number of cyclic esters (lactones) is 1. The number of benzene rings is 1. The molecular weight excluding hydrogens is 1030 g/mol. The monoisotopic (exact) mass is 1120 g/mol. The fraction of sp³-hybridized carbons (Fsp3) is 0.673. The second-order valence-corrected chi connectivity index (χ2v) is 20.5. The van der Waals surface area contributed by atoms with Gasteiger partial charge in [0, 0.05) is 91.0 Å². The van der Waals surface area contributed by atoms with Crippen molar-refractivity contribution in [3.8, 4) is 0 Å². The van der Waals surface area contributed by atoms with Crippen LogP contribution in [-0.2, 0) is 70.3 Å². The number of carboxylic acids is 3. The van der Waals surface area contributed by atoms with Crippen molar-refractivity contribution in [2.45, 2.75) is 116 Å². The van der Waals surface area contributed by atoms with Gasteiger partial charge in [-0.15, -0.1) is 0 Å². The van der Waals surface area contributed by atoms with Gasteiger partial charge in [0.15, 0.2) is 0 Å². The normalized spacial score (nSPS) is 21.3. The number of aryl methyl sites for hydroxylation is 1. The summed E-state index contributed by atoms with van der Waals surface area (Å²) in [7, 11) is 0. The summed E-state index contributed by atoms with van der Waals surface area (Å²) in [4.78, 5) is 139. The van der Waals surface area contributed by atoms with Crippen LogP contribution in [0.5, 0.6) is 0 Å². The van der Waals surface area contributed by atoms with E-state index in [-0.39, 0.29) is 94.5 Å². The van der Waals surface area contributed by atoms with E-state index >= 15 is 0 Å². The summed E-state index contributed by atoms with van der Waals surface area (Å²) in [6.07, 6.45) is 3.17. The van der Waals surface area contributed by atoms with Crippen molar-refractivity contribution in [3.05, 3.63) is 29.3 Å². The number of anilines is 1. The highest BCUT2D eigenvalue weighted by atomic mass is 16.6. The number of nitrogens with zero attached hydrogens (tertiary/aromatic N) is 5. The summed E-state index contributed by atoms with van der Waals surface area (Å²) in [5, 5.41) is 49.3. The summed E-state index contributed by atoms with van der Waals surface area (Å²) >= 11 is 0. The van der Waals surface area contributed by atoms with Crippen LogP contribution in [0.3, 0.4) is 0 Å². The SMILES string of the molecule is CCC(=O)O.CCC(C)CC(=O)NC1CCc2cccc3c2N(C1=O)C(C(=O)NC1CC(=O)OC1O)C3.NC(=O)CCNC(=O)CCNC(=O)CNC(=O)CN1CCC(CN2CCN(CC(=O)O)CCN(CC(=O)O)CC2)CC1. The predicted molar refractivity (Wildman–Crippen MR) is 284 cm³/mol. The molecule has 3 fully saturated rings. The van der Waals surface area contributed by atoms with Crippen molar-refractivity contribution in [3.63, 3.8) is 0 Å². The molecule has 5 heterocycles. The van der Waals surface area contributed by atoms with Gasteiger partial charge >= 0.3 is 23.9 Å². The van der Waals surface area contributed by atoms with E-state index in [1.807, 2.05) is 46.7 Å². The topological polar surface area (TPSA) is 380 Å². The van der Waals surface area contributed by atoms with Gasteiger partial charge in [0.2, 0.25) is 47.6 Å². The zero-order valence-corrected chi connectivity index (χ0v) is 45.6. The van der Waals surface area contributed by atoms with Gasteiger partial charge in [-0.05, 0) is 61.7 Å². The number of nitrogens with one attached hydrogen (secondary N) is 5. The number of ether oxygens (including phenoxy) is 1. The van der Waals surface area contributed by atoms with Crippen LogP contribution in [0, 0.1) is 11.8 Å². The van der Waals surface area contributed by atoms with Crippen LogP contribution in [0.1, 0.15) is 89.7 Å². The van der Waals surface area contributed by atoms with Crippen LogP contribution in [0.4, 0.5) is 5.69 Å². The van der Waals surface area contributed by atoms with Gasteiger partial charge < -0.3 is 62.4 Å². The quantitative estimate of drug-likeness (QED) is 0.0504. The molecule has 11 N–H and O–H groups in total. The van der Waals surface area contributed by atoms with Crippen molar-refractivity contribution in [1.82, 2.24) is 46.2 Å². The van der Waals surface area contributed by atoms with Gasteiger partial charge in [0.05, 0.1) is 38.3 Å². The number of rotatable bonds is 23. The molecule has 1 aromatic carbocycles. The number of primary amides is 1. The number of carbonyl (C=O) groups excluding carboxylic acids is 8. The minimum absolute atomic E-state index is 0.0460. The number of hydrogen-bond acceptors (Lipinski definition) is 17. The molecule has 5 unspecified atom stereocenters. The van der Waals surface area contributed by atoms with Gasteiger partial charge in [-0.1, -0.05) is 45.4 Å². The zero-order chi connectivity index (χ0) is 58.2. The molecule has 0 saturated carbocycles. The molecule has 6 rings (SSSR count). The Morgan fingerprint density at radius 3 is 1.81 bits per heavy atom.